The SMILES string of the molecule is CCNCC(O)(CCCCCCCC1C=CN2C(C)C(O)CC(N3CC=NC3)C2C1)CC(=O)O. The lowest BCUT2D eigenvalue weighted by Crippen LogP contribution is -2.62. The van der Waals surface area contributed by atoms with Crippen LogP contribution >= 0.6 is 0 Å². The van der Waals surface area contributed by atoms with Crippen molar-refractivity contribution in [1.82, 2.24) is 15.1 Å². The molecule has 1 saturated heterocycles. The third kappa shape index (κ3) is 7.51. The second-order valence-corrected chi connectivity index (χ2v) is 10.6. The van der Waals surface area contributed by atoms with Crippen molar-refractivity contribution in [3.63, 3.8) is 0 Å². The molecule has 8 heteroatoms. The minimum atomic E-state index is -1.15. The van der Waals surface area contributed by atoms with E-state index in [0.29, 0.717) is 31.0 Å². The molecule has 194 valence electrons. The van der Waals surface area contributed by atoms with Crippen LogP contribution in [0.25, 0.3) is 0 Å². The molecule has 0 aromatic rings. The van der Waals surface area contributed by atoms with E-state index < -0.39 is 11.6 Å². The van der Waals surface area contributed by atoms with Gasteiger partial charge in [-0.25, -0.2) is 0 Å². The summed E-state index contributed by atoms with van der Waals surface area (Å²) < 4.78 is 0. The number of nitrogens with one attached hydrogen (secondary N) is 1. The number of nitrogens with zero attached hydrogens (tertiary/aromatic N) is 3. The first-order valence-corrected chi connectivity index (χ1v) is 13.3. The van der Waals surface area contributed by atoms with Gasteiger partial charge in [-0.3, -0.25) is 14.7 Å². The van der Waals surface area contributed by atoms with Crippen molar-refractivity contribution < 1.29 is 20.1 Å². The lowest BCUT2D eigenvalue weighted by atomic mass is 9.80. The van der Waals surface area contributed by atoms with Crippen molar-refractivity contribution in [3.05, 3.63) is 12.3 Å². The van der Waals surface area contributed by atoms with Gasteiger partial charge >= 0.3 is 5.97 Å². The summed E-state index contributed by atoms with van der Waals surface area (Å²) in [6.07, 6.45) is 15.1. The number of carboxylic acid groups (broad SMARTS) is 1. The van der Waals surface area contributed by atoms with Gasteiger partial charge in [-0.05, 0) is 51.3 Å². The summed E-state index contributed by atoms with van der Waals surface area (Å²) in [5.74, 6) is -0.364. The van der Waals surface area contributed by atoms with Crippen molar-refractivity contribution in [2.24, 2.45) is 10.9 Å². The standard InChI is InChI=1S/C26H46N4O4/c1-3-27-18-26(34,17-25(32)33)11-8-6-4-5-7-9-21-10-13-30-20(2)24(31)16-22(23(30)15-21)29-14-12-28-19-29/h10,12-13,20-24,27,31,34H,3-9,11,14-19H2,1-2H3,(H,32,33). The summed E-state index contributed by atoms with van der Waals surface area (Å²) in [7, 11) is 0. The fraction of sp³-hybridized carbons (Fsp3) is 0.846. The first kappa shape index (κ1) is 27.1. The Balaban J connectivity index is 1.38. The number of rotatable bonds is 14. The van der Waals surface area contributed by atoms with Gasteiger partial charge in [-0.1, -0.05) is 45.1 Å². The highest BCUT2D eigenvalue weighted by atomic mass is 16.4. The van der Waals surface area contributed by atoms with Crippen LogP contribution in [0.3, 0.4) is 0 Å². The molecule has 0 aromatic carbocycles. The van der Waals surface area contributed by atoms with E-state index >= 15 is 0 Å². The zero-order chi connectivity index (χ0) is 24.6. The van der Waals surface area contributed by atoms with E-state index in [1.54, 1.807) is 0 Å². The predicted molar refractivity (Wildman–Crippen MR) is 135 cm³/mol. The molecular weight excluding hydrogens is 432 g/mol. The Hall–Kier alpha value is -1.48. The van der Waals surface area contributed by atoms with Gasteiger partial charge in [-0.2, -0.15) is 0 Å². The molecular formula is C26H46N4O4. The van der Waals surface area contributed by atoms with Crippen LogP contribution in [0.5, 0.6) is 0 Å². The highest BCUT2D eigenvalue weighted by molar-refractivity contribution is 5.68. The summed E-state index contributed by atoms with van der Waals surface area (Å²) in [6, 6.07) is 0.959. The van der Waals surface area contributed by atoms with Gasteiger partial charge in [0.25, 0.3) is 0 Å². The lowest BCUT2D eigenvalue weighted by molar-refractivity contribution is -0.142. The fourth-order valence-electron chi connectivity index (χ4n) is 5.93. The topological polar surface area (TPSA) is 109 Å². The number of fused-ring (bicyclic) bond motifs is 1. The van der Waals surface area contributed by atoms with Crippen molar-refractivity contribution >= 4 is 12.2 Å². The number of aliphatic hydroxyl groups excluding tert-OH is 1. The molecule has 8 nitrogen and oxygen atoms in total. The zero-order valence-corrected chi connectivity index (χ0v) is 21.1. The maximum absolute atomic E-state index is 11.1. The number of aliphatic imine (C=N–C) groups is 1. The van der Waals surface area contributed by atoms with E-state index in [4.69, 9.17) is 5.11 Å². The molecule has 3 rings (SSSR count). The molecule has 34 heavy (non-hydrogen) atoms. The first-order chi connectivity index (χ1) is 16.3. The molecule has 3 aliphatic rings. The summed E-state index contributed by atoms with van der Waals surface area (Å²) in [5, 5.41) is 33.4. The fourth-order valence-corrected chi connectivity index (χ4v) is 5.93. The molecule has 0 aliphatic carbocycles. The first-order valence-electron chi connectivity index (χ1n) is 13.3. The number of unbranched alkanes of at least 4 members (excludes halogenated alkanes) is 4. The highest BCUT2D eigenvalue weighted by Crippen LogP contribution is 2.36. The zero-order valence-electron chi connectivity index (χ0n) is 21.1. The largest absolute Gasteiger partial charge is 0.481 e. The number of allylic oxidation sites excluding steroid dienone is 1. The van der Waals surface area contributed by atoms with Gasteiger partial charge < -0.3 is 25.5 Å². The number of likely N-dealkylation sites (N-methyl/N-ethyl adjacent to an activating group) is 1. The number of aliphatic carboxylic acids is 1. The molecule has 3 aliphatic heterocycles. The summed E-state index contributed by atoms with van der Waals surface area (Å²) >= 11 is 0. The molecule has 0 bridgehead atoms. The predicted octanol–water partition coefficient (Wildman–Crippen LogP) is 2.60. The van der Waals surface area contributed by atoms with E-state index in [9.17, 15) is 15.0 Å². The van der Waals surface area contributed by atoms with E-state index in [2.05, 4.69) is 39.3 Å². The van der Waals surface area contributed by atoms with Gasteiger partial charge in [0.1, 0.15) is 0 Å². The molecule has 1 fully saturated rings. The van der Waals surface area contributed by atoms with Gasteiger partial charge in [0, 0.05) is 31.4 Å². The van der Waals surface area contributed by atoms with Crippen LogP contribution in [0, 0.1) is 5.92 Å². The number of aliphatic hydroxyl groups is 2. The van der Waals surface area contributed by atoms with Gasteiger partial charge in [0.2, 0.25) is 0 Å². The van der Waals surface area contributed by atoms with Gasteiger partial charge in [0.15, 0.2) is 0 Å². The van der Waals surface area contributed by atoms with Crippen LogP contribution in [-0.4, -0.2) is 93.4 Å². The van der Waals surface area contributed by atoms with Crippen LogP contribution in [0.15, 0.2) is 17.3 Å². The molecule has 0 radical (unpaired) electrons. The molecule has 0 spiro atoms. The van der Waals surface area contributed by atoms with Crippen LogP contribution in [0.1, 0.15) is 78.1 Å². The number of hydrogen-bond donors (Lipinski definition) is 4. The van der Waals surface area contributed by atoms with Crippen LogP contribution in [0.2, 0.25) is 0 Å². The molecule has 3 heterocycles. The smallest absolute Gasteiger partial charge is 0.306 e. The summed E-state index contributed by atoms with van der Waals surface area (Å²) in [4.78, 5) is 20.3. The second-order valence-electron chi connectivity index (χ2n) is 10.6. The Kier molecular flexibility index (Phi) is 10.4. The Morgan fingerprint density at radius 2 is 1.94 bits per heavy atom. The normalized spacial score (nSPS) is 30.9. The van der Waals surface area contributed by atoms with Crippen molar-refractivity contribution in [1.29, 1.82) is 0 Å². The minimum absolute atomic E-state index is 0.161. The van der Waals surface area contributed by atoms with Gasteiger partial charge in [0.05, 0.1) is 30.8 Å². The minimum Gasteiger partial charge on any atom is -0.481 e. The quantitative estimate of drug-likeness (QED) is 0.284. The van der Waals surface area contributed by atoms with Crippen molar-refractivity contribution in [3.8, 4) is 0 Å². The van der Waals surface area contributed by atoms with E-state index in [1.807, 2.05) is 13.1 Å². The number of hydrogen-bond acceptors (Lipinski definition) is 7. The molecule has 0 saturated carbocycles. The second kappa shape index (κ2) is 13.0. The van der Waals surface area contributed by atoms with Crippen molar-refractivity contribution in [2.45, 2.75) is 108 Å². The molecule has 6 atom stereocenters. The molecule has 0 aromatic heterocycles. The number of piperidine rings is 1. The summed E-state index contributed by atoms with van der Waals surface area (Å²) in [5.41, 5.74) is -1.15. The highest BCUT2D eigenvalue weighted by Gasteiger charge is 2.43. The van der Waals surface area contributed by atoms with Crippen LogP contribution in [-0.2, 0) is 4.79 Å². The maximum atomic E-state index is 11.1. The van der Waals surface area contributed by atoms with Crippen LogP contribution in [0.4, 0.5) is 0 Å². The molecule has 4 N–H and O–H groups in total. The number of carboxylic acids is 1. The van der Waals surface area contributed by atoms with Crippen LogP contribution < -0.4 is 5.32 Å². The maximum Gasteiger partial charge on any atom is 0.306 e. The molecule has 0 amide bonds. The van der Waals surface area contributed by atoms with Crippen molar-refractivity contribution in [2.75, 3.05) is 26.3 Å². The Labute approximate surface area is 205 Å². The average molecular weight is 479 g/mol. The Morgan fingerprint density at radius 1 is 1.18 bits per heavy atom. The van der Waals surface area contributed by atoms with E-state index in [-0.39, 0.29) is 18.6 Å². The third-order valence-electron chi connectivity index (χ3n) is 7.99. The average Bonchev–Trinajstić information content (AvgIpc) is 3.34. The Bertz CT molecular complexity index is 694. The number of carbonyl (C=O) groups is 1. The van der Waals surface area contributed by atoms with Gasteiger partial charge in [-0.15, -0.1) is 0 Å². The summed E-state index contributed by atoms with van der Waals surface area (Å²) in [6.45, 7) is 6.79. The lowest BCUT2D eigenvalue weighted by Gasteiger charge is -2.52. The van der Waals surface area contributed by atoms with E-state index in [1.165, 1.54) is 19.3 Å². The third-order valence-corrected chi connectivity index (χ3v) is 7.99. The Morgan fingerprint density at radius 3 is 2.65 bits per heavy atom. The monoisotopic (exact) mass is 478 g/mol. The van der Waals surface area contributed by atoms with E-state index in [0.717, 1.165) is 51.9 Å². The molecule has 6 unspecified atom stereocenters.